The molecular formula is C30H48O10. The predicted molar refractivity (Wildman–Crippen MR) is 144 cm³/mol. The van der Waals surface area contributed by atoms with Crippen LogP contribution in [0.25, 0.3) is 0 Å². The summed E-state index contributed by atoms with van der Waals surface area (Å²) in [5.74, 6) is 0.509. The van der Waals surface area contributed by atoms with E-state index in [0.29, 0.717) is 12.3 Å². The summed E-state index contributed by atoms with van der Waals surface area (Å²) in [7, 11) is 0. The van der Waals surface area contributed by atoms with E-state index in [-0.39, 0.29) is 42.2 Å². The van der Waals surface area contributed by atoms with Gasteiger partial charge in [0.1, 0.15) is 36.6 Å². The lowest BCUT2D eigenvalue weighted by atomic mass is 9.44. The second kappa shape index (κ2) is 11.0. The molecular weight excluding hydrogens is 520 g/mol. The van der Waals surface area contributed by atoms with E-state index in [0.717, 1.165) is 25.7 Å². The molecule has 2 aliphatic heterocycles. The van der Waals surface area contributed by atoms with Gasteiger partial charge in [0.25, 0.3) is 0 Å². The Morgan fingerprint density at radius 2 is 1.62 bits per heavy atom. The van der Waals surface area contributed by atoms with E-state index in [2.05, 4.69) is 40.3 Å². The highest BCUT2D eigenvalue weighted by atomic mass is 16.7. The van der Waals surface area contributed by atoms with Crippen LogP contribution in [0.5, 0.6) is 0 Å². The number of aliphatic hydroxyl groups excluding tert-OH is 6. The van der Waals surface area contributed by atoms with Crippen molar-refractivity contribution in [3.8, 4) is 0 Å². The zero-order valence-corrected chi connectivity index (χ0v) is 24.1. The molecule has 0 radical (unpaired) electrons. The molecule has 10 heteroatoms. The van der Waals surface area contributed by atoms with E-state index < -0.39 is 54.6 Å². The molecule has 2 heterocycles. The largest absolute Gasteiger partial charge is 0.394 e. The third kappa shape index (κ3) is 4.92. The standard InChI is InChI=1S/C30H48O10/c1-6-29(4)12-15-7-8-19-28(2,3)20(39-27-25(36)23(34)18(13-31)38-27)9-10-30(19,5)16(15)11-21(29)40-26-24(35)22(33)17(32)14-37-26/h6,12,16-27,31-36H,1,7-11,13-14H2,2-5H3/t16?,17-,18+,19?,20?,21?,22+,23+,24-,25-,26+,27+,29?,30?/m1/s1. The molecule has 228 valence electrons. The Morgan fingerprint density at radius 3 is 2.27 bits per heavy atom. The van der Waals surface area contributed by atoms with Crippen LogP contribution >= 0.6 is 0 Å². The van der Waals surface area contributed by atoms with Crippen molar-refractivity contribution in [1.29, 1.82) is 0 Å². The number of rotatable bonds is 6. The second-order valence-corrected chi connectivity index (χ2v) is 13.7. The van der Waals surface area contributed by atoms with Crippen LogP contribution in [-0.2, 0) is 18.9 Å². The minimum absolute atomic E-state index is 0.0679. The Labute approximate surface area is 236 Å². The Balaban J connectivity index is 1.36. The van der Waals surface area contributed by atoms with Crippen LogP contribution < -0.4 is 0 Å². The molecule has 6 unspecified atom stereocenters. The van der Waals surface area contributed by atoms with Gasteiger partial charge in [-0.3, -0.25) is 0 Å². The molecule has 14 atom stereocenters. The molecule has 0 spiro atoms. The lowest BCUT2D eigenvalue weighted by Gasteiger charge is -2.62. The molecule has 5 rings (SSSR count). The lowest BCUT2D eigenvalue weighted by Crippen LogP contribution is -2.59. The summed E-state index contributed by atoms with van der Waals surface area (Å²) in [6.07, 6.45) is -1.35. The molecule has 2 saturated heterocycles. The number of hydrogen-bond donors (Lipinski definition) is 6. The molecule has 0 aromatic heterocycles. The quantitative estimate of drug-likeness (QED) is 0.256. The molecule has 4 fully saturated rings. The Kier molecular flexibility index (Phi) is 8.38. The van der Waals surface area contributed by atoms with Crippen molar-refractivity contribution in [2.24, 2.45) is 28.1 Å². The van der Waals surface area contributed by atoms with Crippen LogP contribution in [0.2, 0.25) is 0 Å². The van der Waals surface area contributed by atoms with Crippen molar-refractivity contribution < 1.29 is 49.6 Å². The summed E-state index contributed by atoms with van der Waals surface area (Å²) in [6.45, 7) is 12.4. The van der Waals surface area contributed by atoms with Crippen LogP contribution in [0, 0.1) is 28.1 Å². The van der Waals surface area contributed by atoms with E-state index in [4.69, 9.17) is 18.9 Å². The Morgan fingerprint density at radius 1 is 0.950 bits per heavy atom. The third-order valence-corrected chi connectivity index (χ3v) is 11.1. The van der Waals surface area contributed by atoms with Crippen molar-refractivity contribution in [3.05, 3.63) is 24.3 Å². The normalized spacial score (nSPS) is 52.4. The summed E-state index contributed by atoms with van der Waals surface area (Å²) in [6, 6.07) is 0. The first-order valence-electron chi connectivity index (χ1n) is 14.7. The molecule has 2 saturated carbocycles. The van der Waals surface area contributed by atoms with E-state index in [1.165, 1.54) is 5.57 Å². The summed E-state index contributed by atoms with van der Waals surface area (Å²) in [5, 5.41) is 60.8. The molecule has 5 aliphatic rings. The minimum Gasteiger partial charge on any atom is -0.394 e. The summed E-state index contributed by atoms with van der Waals surface area (Å²) < 4.78 is 24.0. The fraction of sp³-hybridized carbons (Fsp3) is 0.867. The highest BCUT2D eigenvalue weighted by Crippen LogP contribution is 2.64. The highest BCUT2D eigenvalue weighted by Gasteiger charge is 2.60. The number of allylic oxidation sites excluding steroid dienone is 1. The number of fused-ring (bicyclic) bond motifs is 3. The molecule has 0 amide bonds. The maximum Gasteiger partial charge on any atom is 0.186 e. The topological polar surface area (TPSA) is 158 Å². The maximum absolute atomic E-state index is 10.6. The maximum atomic E-state index is 10.6. The van der Waals surface area contributed by atoms with Crippen LogP contribution in [0.4, 0.5) is 0 Å². The SMILES string of the molecule is C=CC1(C)C=C2CCC3C(C)(C)C(O[C@@H]4O[C@@H](CO)[C@H](O)[C@H]4O)CCC3(C)C2CC1O[C@@H]1OC[C@@H](O)[C@H](O)[C@H]1O. The fourth-order valence-corrected chi connectivity index (χ4v) is 8.48. The average Bonchev–Trinajstić information content (AvgIpc) is 3.19. The van der Waals surface area contributed by atoms with E-state index in [1.54, 1.807) is 0 Å². The smallest absolute Gasteiger partial charge is 0.186 e. The van der Waals surface area contributed by atoms with Gasteiger partial charge in [-0.05, 0) is 54.8 Å². The second-order valence-electron chi connectivity index (χ2n) is 13.7. The number of aliphatic hydroxyl groups is 6. The van der Waals surface area contributed by atoms with Gasteiger partial charge < -0.3 is 49.6 Å². The van der Waals surface area contributed by atoms with Crippen LogP contribution in [0.3, 0.4) is 0 Å². The van der Waals surface area contributed by atoms with Crippen LogP contribution in [0.15, 0.2) is 24.3 Å². The third-order valence-electron chi connectivity index (χ3n) is 11.1. The first-order valence-corrected chi connectivity index (χ1v) is 14.7. The van der Waals surface area contributed by atoms with E-state index in [1.807, 2.05) is 6.08 Å². The average molecular weight is 569 g/mol. The van der Waals surface area contributed by atoms with Gasteiger partial charge in [-0.1, -0.05) is 45.4 Å². The van der Waals surface area contributed by atoms with Gasteiger partial charge >= 0.3 is 0 Å². The van der Waals surface area contributed by atoms with E-state index >= 15 is 0 Å². The lowest BCUT2D eigenvalue weighted by molar-refractivity contribution is -0.292. The van der Waals surface area contributed by atoms with Gasteiger partial charge in [0.15, 0.2) is 12.6 Å². The molecule has 10 nitrogen and oxygen atoms in total. The summed E-state index contributed by atoms with van der Waals surface area (Å²) >= 11 is 0. The highest BCUT2D eigenvalue weighted by molar-refractivity contribution is 5.29. The zero-order valence-electron chi connectivity index (χ0n) is 24.1. The van der Waals surface area contributed by atoms with Gasteiger partial charge in [-0.25, -0.2) is 0 Å². The zero-order chi connectivity index (χ0) is 29.2. The Hall–Kier alpha value is -0.920. The number of ether oxygens (including phenoxy) is 4. The van der Waals surface area contributed by atoms with Gasteiger partial charge in [0.05, 0.1) is 25.4 Å². The monoisotopic (exact) mass is 568 g/mol. The van der Waals surface area contributed by atoms with Crippen molar-refractivity contribution in [2.45, 2.75) is 121 Å². The fourth-order valence-electron chi connectivity index (χ4n) is 8.48. The first-order chi connectivity index (χ1) is 18.8. The van der Waals surface area contributed by atoms with Crippen molar-refractivity contribution in [3.63, 3.8) is 0 Å². The molecule has 3 aliphatic carbocycles. The molecule has 0 aromatic rings. The van der Waals surface area contributed by atoms with Gasteiger partial charge in [0, 0.05) is 5.41 Å². The molecule has 6 N–H and O–H groups in total. The predicted octanol–water partition coefficient (Wildman–Crippen LogP) is 1.01. The van der Waals surface area contributed by atoms with Crippen molar-refractivity contribution >= 4 is 0 Å². The molecule has 0 bridgehead atoms. The van der Waals surface area contributed by atoms with Gasteiger partial charge in [0.2, 0.25) is 0 Å². The molecule has 40 heavy (non-hydrogen) atoms. The summed E-state index contributed by atoms with van der Waals surface area (Å²) in [5.41, 5.74) is 0.569. The summed E-state index contributed by atoms with van der Waals surface area (Å²) in [4.78, 5) is 0. The minimum atomic E-state index is -1.36. The first kappa shape index (κ1) is 30.5. The van der Waals surface area contributed by atoms with Crippen molar-refractivity contribution in [1.82, 2.24) is 0 Å². The number of hydrogen-bond acceptors (Lipinski definition) is 10. The Bertz CT molecular complexity index is 970. The van der Waals surface area contributed by atoms with Crippen LogP contribution in [0.1, 0.15) is 59.8 Å². The van der Waals surface area contributed by atoms with Crippen LogP contribution in [-0.4, -0.2) is 105 Å². The van der Waals surface area contributed by atoms with Gasteiger partial charge in [-0.2, -0.15) is 0 Å². The van der Waals surface area contributed by atoms with Crippen molar-refractivity contribution in [2.75, 3.05) is 13.2 Å². The van der Waals surface area contributed by atoms with Gasteiger partial charge in [-0.15, -0.1) is 6.58 Å². The molecule has 0 aromatic carbocycles. The van der Waals surface area contributed by atoms with E-state index in [9.17, 15) is 30.6 Å².